The summed E-state index contributed by atoms with van der Waals surface area (Å²) < 4.78 is 81.5. The van der Waals surface area contributed by atoms with Crippen molar-refractivity contribution in [2.45, 2.75) is 26.1 Å². The van der Waals surface area contributed by atoms with Crippen LogP contribution in [0.3, 0.4) is 0 Å². The van der Waals surface area contributed by atoms with Crippen molar-refractivity contribution in [2.24, 2.45) is 0 Å². The Bertz CT molecular complexity index is 755. The number of ether oxygens (including phenoxy) is 1. The van der Waals surface area contributed by atoms with Crippen LogP contribution in [0.4, 0.5) is 17.6 Å². The Hall–Kier alpha value is -1.97. The fourth-order valence-corrected chi connectivity index (χ4v) is 3.35. The molecule has 0 amide bonds. The fourth-order valence-electron chi connectivity index (χ4n) is 1.92. The molecule has 0 N–H and O–H groups in total. The number of alkyl halides is 4. The van der Waals surface area contributed by atoms with Crippen LogP contribution in [0.1, 0.15) is 25.7 Å². The molecule has 0 aliphatic heterocycles. The van der Waals surface area contributed by atoms with E-state index in [4.69, 9.17) is 13.6 Å². The highest BCUT2D eigenvalue weighted by Gasteiger charge is 2.41. The molecule has 12 heteroatoms. The summed E-state index contributed by atoms with van der Waals surface area (Å²) in [6.45, 7) is 2.92. The Balaban J connectivity index is 2.19. The van der Waals surface area contributed by atoms with Gasteiger partial charge in [-0.2, -0.15) is 4.98 Å². The van der Waals surface area contributed by atoms with Crippen LogP contribution in [0.2, 0.25) is 0 Å². The maximum atomic E-state index is 14.5. The summed E-state index contributed by atoms with van der Waals surface area (Å²) in [7, 11) is -4.15. The lowest BCUT2D eigenvalue weighted by Gasteiger charge is -2.17. The molecular formula is C14H15F4N2O5P. The first-order chi connectivity index (χ1) is 12.2. The third-order valence-electron chi connectivity index (χ3n) is 2.89. The van der Waals surface area contributed by atoms with Crippen LogP contribution in [0.15, 0.2) is 28.8 Å². The van der Waals surface area contributed by atoms with E-state index >= 15 is 0 Å². The molecule has 7 nitrogen and oxygen atoms in total. The second kappa shape index (κ2) is 8.15. The van der Waals surface area contributed by atoms with Crippen LogP contribution in [-0.4, -0.2) is 29.7 Å². The first kappa shape index (κ1) is 20.3. The molecule has 1 aromatic carbocycles. The van der Waals surface area contributed by atoms with Crippen molar-refractivity contribution in [1.29, 1.82) is 0 Å². The Morgan fingerprint density at radius 1 is 1.15 bits per heavy atom. The standard InChI is InChI=1S/C14H15F4N2O5P/c1-3-22-26(21,23-4-2)11(15)13-19-12(20-25-13)9-5-7-10(8-6-9)24-14(16,17)18/h5-8,11H,3-4H2,1-2H3. The van der Waals surface area contributed by atoms with Crippen LogP contribution in [0, 0.1) is 0 Å². The molecule has 0 spiro atoms. The molecule has 0 aliphatic rings. The minimum atomic E-state index is -4.82. The highest BCUT2D eigenvalue weighted by molar-refractivity contribution is 7.54. The second-order valence-corrected chi connectivity index (χ2v) is 6.79. The Kier molecular flexibility index (Phi) is 6.38. The third kappa shape index (κ3) is 5.03. The SMILES string of the molecule is CCOP(=O)(OCC)C(F)c1nc(-c2ccc(OC(F)(F)F)cc2)no1. The van der Waals surface area contributed by atoms with E-state index in [-0.39, 0.29) is 24.6 Å². The van der Waals surface area contributed by atoms with E-state index < -0.39 is 31.5 Å². The number of aromatic nitrogens is 2. The lowest BCUT2D eigenvalue weighted by Crippen LogP contribution is -2.16. The number of nitrogens with zero attached hydrogens (tertiary/aromatic N) is 2. The average Bonchev–Trinajstić information content (AvgIpc) is 3.03. The van der Waals surface area contributed by atoms with E-state index in [1.807, 2.05) is 0 Å². The van der Waals surface area contributed by atoms with Crippen LogP contribution in [0.5, 0.6) is 5.75 Å². The quantitative estimate of drug-likeness (QED) is 0.463. The zero-order chi connectivity index (χ0) is 19.4. The predicted octanol–water partition coefficient (Wildman–Crippen LogP) is 4.87. The topological polar surface area (TPSA) is 83.7 Å². The largest absolute Gasteiger partial charge is 0.573 e. The van der Waals surface area contributed by atoms with Gasteiger partial charge in [0.2, 0.25) is 5.82 Å². The van der Waals surface area contributed by atoms with E-state index in [1.165, 1.54) is 26.0 Å². The minimum absolute atomic E-state index is 0.0562. The molecule has 0 aliphatic carbocycles. The van der Waals surface area contributed by atoms with Crippen molar-refractivity contribution in [3.8, 4) is 17.1 Å². The Morgan fingerprint density at radius 3 is 2.23 bits per heavy atom. The van der Waals surface area contributed by atoms with Gasteiger partial charge in [-0.3, -0.25) is 4.57 Å². The van der Waals surface area contributed by atoms with E-state index in [9.17, 15) is 22.1 Å². The normalized spacial score (nSPS) is 13.6. The lowest BCUT2D eigenvalue weighted by atomic mass is 10.2. The van der Waals surface area contributed by atoms with Crippen molar-refractivity contribution in [2.75, 3.05) is 13.2 Å². The summed E-state index contributed by atoms with van der Waals surface area (Å²) in [5.74, 6) is -3.47. The van der Waals surface area contributed by atoms with Crippen molar-refractivity contribution >= 4 is 7.60 Å². The monoisotopic (exact) mass is 398 g/mol. The molecule has 1 unspecified atom stereocenters. The molecule has 1 aromatic heterocycles. The van der Waals surface area contributed by atoms with Gasteiger partial charge in [-0.25, -0.2) is 4.39 Å². The molecular weight excluding hydrogens is 383 g/mol. The molecule has 2 rings (SSSR count). The van der Waals surface area contributed by atoms with Gasteiger partial charge in [-0.05, 0) is 38.1 Å². The summed E-state index contributed by atoms with van der Waals surface area (Å²) in [5, 5.41) is 3.52. The maximum Gasteiger partial charge on any atom is 0.573 e. The number of hydrogen-bond acceptors (Lipinski definition) is 7. The highest BCUT2D eigenvalue weighted by Crippen LogP contribution is 2.61. The van der Waals surface area contributed by atoms with Crippen molar-refractivity contribution < 1.29 is 40.4 Å². The van der Waals surface area contributed by atoms with Gasteiger partial charge in [-0.1, -0.05) is 5.16 Å². The minimum Gasteiger partial charge on any atom is -0.406 e. The highest BCUT2D eigenvalue weighted by atomic mass is 31.2. The van der Waals surface area contributed by atoms with Gasteiger partial charge < -0.3 is 18.3 Å². The Labute approximate surface area is 145 Å². The summed E-state index contributed by atoms with van der Waals surface area (Å²) in [6, 6.07) is 4.54. The van der Waals surface area contributed by atoms with Crippen LogP contribution < -0.4 is 4.74 Å². The van der Waals surface area contributed by atoms with Gasteiger partial charge >= 0.3 is 14.0 Å². The summed E-state index contributed by atoms with van der Waals surface area (Å²) in [6.07, 6.45) is -4.82. The van der Waals surface area contributed by atoms with Gasteiger partial charge in [0.1, 0.15) is 5.75 Å². The first-order valence-electron chi connectivity index (χ1n) is 7.41. The molecule has 0 radical (unpaired) electrons. The molecule has 1 heterocycles. The molecule has 1 atom stereocenters. The number of halogens is 4. The number of benzene rings is 1. The van der Waals surface area contributed by atoms with Crippen LogP contribution >= 0.6 is 7.60 Å². The molecule has 144 valence electrons. The molecule has 0 fully saturated rings. The number of hydrogen-bond donors (Lipinski definition) is 0. The van der Waals surface area contributed by atoms with Gasteiger partial charge in [0.15, 0.2) is 0 Å². The molecule has 26 heavy (non-hydrogen) atoms. The zero-order valence-electron chi connectivity index (χ0n) is 13.7. The molecule has 0 bridgehead atoms. The fraction of sp³-hybridized carbons (Fsp3) is 0.429. The van der Waals surface area contributed by atoms with Gasteiger partial charge in [0.25, 0.3) is 11.8 Å². The van der Waals surface area contributed by atoms with Gasteiger partial charge in [-0.15, -0.1) is 13.2 Å². The zero-order valence-corrected chi connectivity index (χ0v) is 14.6. The van der Waals surface area contributed by atoms with Crippen LogP contribution in [0.25, 0.3) is 11.4 Å². The van der Waals surface area contributed by atoms with Crippen molar-refractivity contribution in [3.05, 3.63) is 30.2 Å². The molecule has 0 saturated heterocycles. The number of rotatable bonds is 8. The van der Waals surface area contributed by atoms with Gasteiger partial charge in [0, 0.05) is 5.56 Å². The van der Waals surface area contributed by atoms with E-state index in [1.54, 1.807) is 0 Å². The summed E-state index contributed by atoms with van der Waals surface area (Å²) >= 11 is 0. The second-order valence-electron chi connectivity index (χ2n) is 4.74. The third-order valence-corrected chi connectivity index (χ3v) is 4.90. The average molecular weight is 398 g/mol. The lowest BCUT2D eigenvalue weighted by molar-refractivity contribution is -0.274. The van der Waals surface area contributed by atoms with Crippen molar-refractivity contribution in [3.63, 3.8) is 0 Å². The predicted molar refractivity (Wildman–Crippen MR) is 81.1 cm³/mol. The Morgan fingerprint density at radius 2 is 1.73 bits per heavy atom. The van der Waals surface area contributed by atoms with Gasteiger partial charge in [0.05, 0.1) is 13.2 Å². The van der Waals surface area contributed by atoms with E-state index in [2.05, 4.69) is 14.9 Å². The van der Waals surface area contributed by atoms with Crippen LogP contribution in [-0.2, 0) is 13.6 Å². The summed E-state index contributed by atoms with van der Waals surface area (Å²) in [4.78, 5) is 3.77. The molecule has 2 aromatic rings. The van der Waals surface area contributed by atoms with E-state index in [0.717, 1.165) is 12.1 Å². The van der Waals surface area contributed by atoms with Crippen molar-refractivity contribution in [1.82, 2.24) is 10.1 Å². The smallest absolute Gasteiger partial charge is 0.406 e. The van der Waals surface area contributed by atoms with E-state index in [0.29, 0.717) is 0 Å². The summed E-state index contributed by atoms with van der Waals surface area (Å²) in [5.41, 5.74) is 0.240. The maximum absolute atomic E-state index is 14.5. The first-order valence-corrected chi connectivity index (χ1v) is 9.02. The molecule has 0 saturated carbocycles.